The molecule has 0 spiro atoms. The van der Waals surface area contributed by atoms with Crippen LogP contribution < -0.4 is 20.7 Å². The molecule has 0 amide bonds. The topological polar surface area (TPSA) is 60.6 Å². The van der Waals surface area contributed by atoms with Crippen molar-refractivity contribution in [2.45, 2.75) is 0 Å². The maximum absolute atomic E-state index is 13.0. The maximum Gasteiger partial charge on any atom is 0.369 e. The second kappa shape index (κ2) is 6.90. The van der Waals surface area contributed by atoms with Gasteiger partial charge in [-0.2, -0.15) is 5.43 Å². The maximum atomic E-state index is 13.0. The molecule has 1 heterocycles. The number of H-pyrrole nitrogens is 1. The number of ether oxygens (including phenoxy) is 1. The minimum absolute atomic E-state index is 0.177. The van der Waals surface area contributed by atoms with Crippen molar-refractivity contribution in [3.63, 3.8) is 0 Å². The third-order valence-electron chi connectivity index (χ3n) is 3.81. The summed E-state index contributed by atoms with van der Waals surface area (Å²) in [6.45, 7) is 0. The third kappa shape index (κ3) is 3.32. The number of benzene rings is 2. The van der Waals surface area contributed by atoms with Gasteiger partial charge in [-0.1, -0.05) is 16.8 Å². The Morgan fingerprint density at radius 2 is 1.84 bits per heavy atom. The number of aromatic nitrogens is 2. The zero-order valence-electron chi connectivity index (χ0n) is 14.2. The lowest BCUT2D eigenvalue weighted by molar-refractivity contribution is -0.337. The Labute approximate surface area is 150 Å². The van der Waals surface area contributed by atoms with Crippen molar-refractivity contribution in [3.8, 4) is 17.1 Å². The van der Waals surface area contributed by atoms with Crippen molar-refractivity contribution in [1.82, 2.24) is 9.58 Å². The van der Waals surface area contributed by atoms with Gasteiger partial charge < -0.3 is 9.64 Å². The number of aromatic amines is 1. The fraction of sp³-hybridized carbons (Fsp3) is 0.167. The smallest absolute Gasteiger partial charge is 0.369 e. The normalized spacial score (nSPS) is 10.5. The summed E-state index contributed by atoms with van der Waals surface area (Å²) >= 11 is 5.31. The van der Waals surface area contributed by atoms with Crippen molar-refractivity contribution in [1.29, 1.82) is 0 Å². The lowest BCUT2D eigenvalue weighted by Gasteiger charge is -2.15. The monoisotopic (exact) mass is 355 g/mol. The van der Waals surface area contributed by atoms with E-state index in [1.807, 2.05) is 56.6 Å². The molecule has 3 rings (SSSR count). The molecule has 128 valence electrons. The Hall–Kier alpha value is -2.93. The van der Waals surface area contributed by atoms with E-state index in [-0.39, 0.29) is 5.56 Å². The molecule has 0 fully saturated rings. The molecule has 0 aliphatic carbocycles. The summed E-state index contributed by atoms with van der Waals surface area (Å²) in [5, 5.41) is 1.01. The average Bonchev–Trinajstić information content (AvgIpc) is 2.63. The van der Waals surface area contributed by atoms with Crippen LogP contribution in [0.15, 0.2) is 53.3 Å². The molecule has 3 aromatic rings. The summed E-state index contributed by atoms with van der Waals surface area (Å²) in [7, 11) is 5.25. The lowest BCUT2D eigenvalue weighted by atomic mass is 10.2. The second-order valence-electron chi connectivity index (χ2n) is 5.70. The summed E-state index contributed by atoms with van der Waals surface area (Å²) in [6, 6.07) is 14.8. The van der Waals surface area contributed by atoms with Crippen molar-refractivity contribution in [2.75, 3.05) is 26.6 Å². The SMILES string of the molecule is COc1ccc(-c2[nH+]c3ccccc3c(=O)n2NC(=S)N(C)C)cc1. The van der Waals surface area contributed by atoms with Crippen LogP contribution in [0.3, 0.4) is 0 Å². The summed E-state index contributed by atoms with van der Waals surface area (Å²) in [5.41, 5.74) is 4.41. The van der Waals surface area contributed by atoms with Gasteiger partial charge in [0.1, 0.15) is 16.7 Å². The lowest BCUT2D eigenvalue weighted by Crippen LogP contribution is -2.42. The molecule has 1 aromatic heterocycles. The Morgan fingerprint density at radius 1 is 1.16 bits per heavy atom. The van der Waals surface area contributed by atoms with Gasteiger partial charge in [-0.25, -0.2) is 9.78 Å². The van der Waals surface area contributed by atoms with Crippen LogP contribution in [0.5, 0.6) is 5.75 Å². The number of para-hydroxylation sites is 1. The number of rotatable bonds is 3. The van der Waals surface area contributed by atoms with Gasteiger partial charge in [0.2, 0.25) is 5.11 Å². The van der Waals surface area contributed by atoms with Crippen LogP contribution in [-0.4, -0.2) is 35.9 Å². The molecule has 25 heavy (non-hydrogen) atoms. The molecule has 0 saturated carbocycles. The predicted octanol–water partition coefficient (Wildman–Crippen LogP) is 1.88. The van der Waals surface area contributed by atoms with Crippen LogP contribution >= 0.6 is 12.2 Å². The zero-order valence-corrected chi connectivity index (χ0v) is 15.1. The van der Waals surface area contributed by atoms with E-state index in [0.29, 0.717) is 16.3 Å². The predicted molar refractivity (Wildman–Crippen MR) is 102 cm³/mol. The van der Waals surface area contributed by atoms with Crippen LogP contribution in [0.4, 0.5) is 0 Å². The molecule has 0 aliphatic rings. The molecule has 0 unspecified atom stereocenters. The molecule has 7 heteroatoms. The number of nitrogens with one attached hydrogen (secondary N) is 2. The van der Waals surface area contributed by atoms with Gasteiger partial charge >= 0.3 is 11.4 Å². The number of methoxy groups -OCH3 is 1. The Morgan fingerprint density at radius 3 is 2.48 bits per heavy atom. The second-order valence-corrected chi connectivity index (χ2v) is 6.09. The van der Waals surface area contributed by atoms with E-state index in [1.165, 1.54) is 4.68 Å². The highest BCUT2D eigenvalue weighted by molar-refractivity contribution is 7.80. The molecule has 0 saturated heterocycles. The molecule has 0 atom stereocenters. The summed E-state index contributed by atoms with van der Waals surface area (Å²) in [5.74, 6) is 1.35. The first-order valence-electron chi connectivity index (χ1n) is 7.71. The van der Waals surface area contributed by atoms with E-state index in [0.717, 1.165) is 16.8 Å². The first kappa shape index (κ1) is 16.9. The molecule has 0 radical (unpaired) electrons. The number of hydrogen-bond donors (Lipinski definition) is 1. The zero-order chi connectivity index (χ0) is 18.0. The van der Waals surface area contributed by atoms with Gasteiger partial charge in [0.05, 0.1) is 12.7 Å². The van der Waals surface area contributed by atoms with Gasteiger partial charge in [-0.3, -0.25) is 0 Å². The highest BCUT2D eigenvalue weighted by Gasteiger charge is 2.21. The summed E-state index contributed by atoms with van der Waals surface area (Å²) in [4.78, 5) is 18.0. The average molecular weight is 355 g/mol. The summed E-state index contributed by atoms with van der Waals surface area (Å²) < 4.78 is 6.64. The minimum atomic E-state index is -0.177. The number of hydrogen-bond acceptors (Lipinski definition) is 3. The van der Waals surface area contributed by atoms with E-state index in [4.69, 9.17) is 17.0 Å². The van der Waals surface area contributed by atoms with Crippen LogP contribution in [0, 0.1) is 0 Å². The Balaban J connectivity index is 2.23. The van der Waals surface area contributed by atoms with Crippen molar-refractivity contribution >= 4 is 28.2 Å². The van der Waals surface area contributed by atoms with Crippen LogP contribution in [-0.2, 0) is 0 Å². The molecule has 6 nitrogen and oxygen atoms in total. The number of fused-ring (bicyclic) bond motifs is 1. The van der Waals surface area contributed by atoms with E-state index >= 15 is 0 Å². The highest BCUT2D eigenvalue weighted by Crippen LogP contribution is 2.19. The first-order chi connectivity index (χ1) is 12.0. The van der Waals surface area contributed by atoms with Gasteiger partial charge in [-0.05, 0) is 48.6 Å². The van der Waals surface area contributed by atoms with E-state index in [1.54, 1.807) is 18.1 Å². The van der Waals surface area contributed by atoms with Gasteiger partial charge in [0.15, 0.2) is 0 Å². The molecule has 2 N–H and O–H groups in total. The molecule has 0 bridgehead atoms. The molecular weight excluding hydrogens is 336 g/mol. The van der Waals surface area contributed by atoms with Crippen LogP contribution in [0.25, 0.3) is 22.3 Å². The quantitative estimate of drug-likeness (QED) is 0.727. The van der Waals surface area contributed by atoms with Crippen molar-refractivity contribution in [2.24, 2.45) is 0 Å². The fourth-order valence-electron chi connectivity index (χ4n) is 2.44. The minimum Gasteiger partial charge on any atom is -0.497 e. The molecule has 2 aromatic carbocycles. The number of nitrogens with zero attached hydrogens (tertiary/aromatic N) is 2. The Kier molecular flexibility index (Phi) is 4.67. The van der Waals surface area contributed by atoms with Crippen molar-refractivity contribution < 1.29 is 9.72 Å². The third-order valence-corrected chi connectivity index (χ3v) is 4.27. The van der Waals surface area contributed by atoms with Gasteiger partial charge in [0.25, 0.3) is 0 Å². The van der Waals surface area contributed by atoms with E-state index in [9.17, 15) is 4.79 Å². The van der Waals surface area contributed by atoms with Crippen LogP contribution in [0.2, 0.25) is 0 Å². The number of thiocarbonyl (C=S) groups is 1. The molecular formula is C18H19N4O2S+. The van der Waals surface area contributed by atoms with E-state index < -0.39 is 0 Å². The van der Waals surface area contributed by atoms with Crippen molar-refractivity contribution in [3.05, 3.63) is 58.9 Å². The standard InChI is InChI=1S/C18H18N4O2S/c1-21(2)18(25)20-22-16(12-8-10-13(24-3)11-9-12)19-15-7-5-4-6-14(15)17(22)23/h4-11H,1-3H3,(H,20,25)/p+1. The van der Waals surface area contributed by atoms with Gasteiger partial charge in [-0.15, -0.1) is 0 Å². The first-order valence-corrected chi connectivity index (χ1v) is 8.12. The highest BCUT2D eigenvalue weighted by atomic mass is 32.1. The Bertz CT molecular complexity index is 981. The van der Waals surface area contributed by atoms with Crippen LogP contribution in [0.1, 0.15) is 0 Å². The van der Waals surface area contributed by atoms with E-state index in [2.05, 4.69) is 10.4 Å². The largest absolute Gasteiger partial charge is 0.497 e. The van der Waals surface area contributed by atoms with Gasteiger partial charge in [0, 0.05) is 14.1 Å². The fourth-order valence-corrected chi connectivity index (χ4v) is 2.53. The summed E-state index contributed by atoms with van der Waals surface area (Å²) in [6.07, 6.45) is 0. The molecule has 0 aliphatic heterocycles.